The topological polar surface area (TPSA) is 74.5 Å². The fourth-order valence-electron chi connectivity index (χ4n) is 3.19. The van der Waals surface area contributed by atoms with Gasteiger partial charge in [-0.1, -0.05) is 0 Å². The first-order valence-corrected chi connectivity index (χ1v) is 8.61. The number of carbonyl (C=O) groups excluding carboxylic acids is 1. The molecule has 0 bridgehead atoms. The summed E-state index contributed by atoms with van der Waals surface area (Å²) in [6.07, 6.45) is 1.77. The van der Waals surface area contributed by atoms with Gasteiger partial charge >= 0.3 is 6.03 Å². The van der Waals surface area contributed by atoms with Gasteiger partial charge in [0.05, 0.1) is 6.04 Å². The van der Waals surface area contributed by atoms with Crippen LogP contribution in [0.5, 0.6) is 0 Å². The molecule has 3 rings (SSSR count). The predicted molar refractivity (Wildman–Crippen MR) is 95.7 cm³/mol. The molecule has 0 aromatic carbocycles. The minimum Gasteiger partial charge on any atom is -0.466 e. The van der Waals surface area contributed by atoms with E-state index < -0.39 is 0 Å². The summed E-state index contributed by atoms with van der Waals surface area (Å²) in [6, 6.07) is 3.78. The quantitative estimate of drug-likeness (QED) is 0.927. The van der Waals surface area contributed by atoms with Crippen molar-refractivity contribution in [1.29, 1.82) is 0 Å². The summed E-state index contributed by atoms with van der Waals surface area (Å²) in [5.74, 6) is 3.40. The van der Waals surface area contributed by atoms with Crippen molar-refractivity contribution in [3.05, 3.63) is 41.2 Å². The second-order valence-corrected chi connectivity index (χ2v) is 6.48. The number of amides is 2. The number of nitrogens with one attached hydrogen (secondary N) is 1. The van der Waals surface area contributed by atoms with Crippen LogP contribution in [0.3, 0.4) is 0 Å². The van der Waals surface area contributed by atoms with Gasteiger partial charge in [-0.05, 0) is 39.8 Å². The van der Waals surface area contributed by atoms with Gasteiger partial charge in [0.25, 0.3) is 0 Å². The lowest BCUT2D eigenvalue weighted by Gasteiger charge is -2.35. The van der Waals surface area contributed by atoms with Crippen LogP contribution in [0.25, 0.3) is 0 Å². The van der Waals surface area contributed by atoms with Crippen LogP contribution in [-0.4, -0.2) is 47.1 Å². The molecule has 2 aromatic heterocycles. The Morgan fingerprint density at radius 3 is 2.56 bits per heavy atom. The molecule has 2 aromatic rings. The number of nitrogens with zero attached hydrogens (tertiary/aromatic N) is 4. The van der Waals surface area contributed by atoms with Crippen molar-refractivity contribution in [2.24, 2.45) is 0 Å². The Kier molecular flexibility index (Phi) is 4.92. The fraction of sp³-hybridized carbons (Fsp3) is 0.500. The van der Waals surface area contributed by atoms with Crippen molar-refractivity contribution < 1.29 is 9.21 Å². The normalized spacial score (nSPS) is 16.0. The molecular weight excluding hydrogens is 318 g/mol. The molecular formula is C18H25N5O2. The number of hydrogen-bond acceptors (Lipinski definition) is 5. The monoisotopic (exact) mass is 343 g/mol. The van der Waals surface area contributed by atoms with E-state index in [1.54, 1.807) is 6.20 Å². The first-order valence-electron chi connectivity index (χ1n) is 8.61. The van der Waals surface area contributed by atoms with Crippen molar-refractivity contribution in [1.82, 2.24) is 20.2 Å². The van der Waals surface area contributed by atoms with Crippen LogP contribution in [0.15, 0.2) is 22.7 Å². The highest BCUT2D eigenvalue weighted by atomic mass is 16.3. The molecule has 7 heteroatoms. The summed E-state index contributed by atoms with van der Waals surface area (Å²) < 4.78 is 5.55. The lowest BCUT2D eigenvalue weighted by Crippen LogP contribution is -2.52. The number of carbonyl (C=O) groups is 1. The van der Waals surface area contributed by atoms with Crippen LogP contribution >= 0.6 is 0 Å². The molecule has 2 amide bonds. The van der Waals surface area contributed by atoms with E-state index in [4.69, 9.17) is 4.42 Å². The number of hydrogen-bond donors (Lipinski definition) is 1. The summed E-state index contributed by atoms with van der Waals surface area (Å²) in [7, 11) is 0. The molecule has 0 radical (unpaired) electrons. The minimum absolute atomic E-state index is 0.0377. The first kappa shape index (κ1) is 17.3. The number of piperazine rings is 1. The number of anilines is 1. The largest absolute Gasteiger partial charge is 0.466 e. The zero-order valence-electron chi connectivity index (χ0n) is 15.2. The number of aryl methyl sites for hydroxylation is 3. The maximum atomic E-state index is 12.5. The van der Waals surface area contributed by atoms with Gasteiger partial charge < -0.3 is 19.5 Å². The molecule has 7 nitrogen and oxygen atoms in total. The maximum absolute atomic E-state index is 12.5. The molecule has 1 fully saturated rings. The van der Waals surface area contributed by atoms with Crippen LogP contribution in [0.1, 0.15) is 35.9 Å². The lowest BCUT2D eigenvalue weighted by molar-refractivity contribution is 0.191. The second-order valence-electron chi connectivity index (χ2n) is 6.48. The van der Waals surface area contributed by atoms with Gasteiger partial charge in [0.2, 0.25) is 0 Å². The summed E-state index contributed by atoms with van der Waals surface area (Å²) in [6.45, 7) is 10.6. The molecule has 1 aliphatic heterocycles. The Balaban J connectivity index is 1.55. The SMILES string of the molecule is Cc1nccc(N2CCN(C(=O)N[C@@H](C)c3cc(C)oc3C)CC2)n1. The van der Waals surface area contributed by atoms with E-state index in [2.05, 4.69) is 20.2 Å². The van der Waals surface area contributed by atoms with E-state index in [1.807, 2.05) is 44.7 Å². The Labute approximate surface area is 148 Å². The average Bonchev–Trinajstić information content (AvgIpc) is 2.93. The third-order valence-corrected chi connectivity index (χ3v) is 4.54. The summed E-state index contributed by atoms with van der Waals surface area (Å²) in [4.78, 5) is 25.2. The summed E-state index contributed by atoms with van der Waals surface area (Å²) >= 11 is 0. The molecule has 1 N–H and O–H groups in total. The van der Waals surface area contributed by atoms with E-state index >= 15 is 0 Å². The Morgan fingerprint density at radius 1 is 1.24 bits per heavy atom. The van der Waals surface area contributed by atoms with Gasteiger partial charge in [0, 0.05) is 37.9 Å². The van der Waals surface area contributed by atoms with E-state index in [-0.39, 0.29) is 12.1 Å². The molecule has 1 saturated heterocycles. The van der Waals surface area contributed by atoms with Crippen molar-refractivity contribution in [3.63, 3.8) is 0 Å². The highest BCUT2D eigenvalue weighted by Crippen LogP contribution is 2.21. The molecule has 134 valence electrons. The molecule has 0 spiro atoms. The van der Waals surface area contributed by atoms with Gasteiger partial charge in [0.1, 0.15) is 23.2 Å². The zero-order chi connectivity index (χ0) is 18.0. The highest BCUT2D eigenvalue weighted by Gasteiger charge is 2.24. The Morgan fingerprint density at radius 2 is 1.96 bits per heavy atom. The number of furan rings is 1. The second kappa shape index (κ2) is 7.13. The van der Waals surface area contributed by atoms with Gasteiger partial charge in [-0.15, -0.1) is 0 Å². The molecule has 0 unspecified atom stereocenters. The maximum Gasteiger partial charge on any atom is 0.317 e. The molecule has 0 saturated carbocycles. The zero-order valence-corrected chi connectivity index (χ0v) is 15.2. The van der Waals surface area contributed by atoms with E-state index in [1.165, 1.54) is 0 Å². The van der Waals surface area contributed by atoms with Crippen molar-refractivity contribution in [2.75, 3.05) is 31.1 Å². The van der Waals surface area contributed by atoms with Gasteiger partial charge in [0.15, 0.2) is 0 Å². The minimum atomic E-state index is -0.0764. The third-order valence-electron chi connectivity index (χ3n) is 4.54. The predicted octanol–water partition coefficient (Wildman–Crippen LogP) is 2.59. The van der Waals surface area contributed by atoms with Crippen LogP contribution in [-0.2, 0) is 0 Å². The van der Waals surface area contributed by atoms with Gasteiger partial charge in [-0.2, -0.15) is 0 Å². The van der Waals surface area contributed by atoms with Crippen LogP contribution in [0.2, 0.25) is 0 Å². The highest BCUT2D eigenvalue weighted by molar-refractivity contribution is 5.75. The average molecular weight is 343 g/mol. The van der Waals surface area contributed by atoms with Crippen LogP contribution in [0.4, 0.5) is 10.6 Å². The van der Waals surface area contributed by atoms with Crippen molar-refractivity contribution in [2.45, 2.75) is 33.7 Å². The number of rotatable bonds is 3. The summed E-state index contributed by atoms with van der Waals surface area (Å²) in [5, 5.41) is 3.07. The van der Waals surface area contributed by atoms with E-state index in [0.29, 0.717) is 13.1 Å². The van der Waals surface area contributed by atoms with E-state index in [9.17, 15) is 4.79 Å². The van der Waals surface area contributed by atoms with Crippen LogP contribution in [0, 0.1) is 20.8 Å². The molecule has 25 heavy (non-hydrogen) atoms. The Bertz CT molecular complexity index is 750. The van der Waals surface area contributed by atoms with Crippen molar-refractivity contribution in [3.8, 4) is 0 Å². The number of aromatic nitrogens is 2. The first-order chi connectivity index (χ1) is 11.9. The van der Waals surface area contributed by atoms with E-state index in [0.717, 1.165) is 41.8 Å². The molecule has 1 atom stereocenters. The fourth-order valence-corrected chi connectivity index (χ4v) is 3.19. The molecule has 0 aliphatic carbocycles. The summed E-state index contributed by atoms with van der Waals surface area (Å²) in [5.41, 5.74) is 1.03. The number of urea groups is 1. The van der Waals surface area contributed by atoms with Gasteiger partial charge in [-0.25, -0.2) is 14.8 Å². The lowest BCUT2D eigenvalue weighted by atomic mass is 10.1. The smallest absolute Gasteiger partial charge is 0.317 e. The molecule has 3 heterocycles. The standard InChI is InChI=1S/C18H25N5O2/c1-12-11-16(14(3)25-12)13(2)20-18(24)23-9-7-22(8-10-23)17-5-6-19-15(4)21-17/h5-6,11,13H,7-10H2,1-4H3,(H,20,24)/t13-/m0/s1. The Hall–Kier alpha value is -2.57. The third kappa shape index (κ3) is 3.92. The molecule has 1 aliphatic rings. The van der Waals surface area contributed by atoms with Crippen molar-refractivity contribution >= 4 is 11.8 Å². The van der Waals surface area contributed by atoms with Crippen LogP contribution < -0.4 is 10.2 Å². The van der Waals surface area contributed by atoms with Gasteiger partial charge in [-0.3, -0.25) is 0 Å².